The zero-order valence-corrected chi connectivity index (χ0v) is 16.3. The van der Waals surface area contributed by atoms with Gasteiger partial charge in [0, 0.05) is 12.2 Å². The fourth-order valence-corrected chi connectivity index (χ4v) is 2.97. The van der Waals surface area contributed by atoms with E-state index in [-0.39, 0.29) is 30.7 Å². The summed E-state index contributed by atoms with van der Waals surface area (Å²) in [7, 11) is 0. The third kappa shape index (κ3) is 7.84. The van der Waals surface area contributed by atoms with E-state index in [0.29, 0.717) is 12.3 Å². The Morgan fingerprint density at radius 1 is 1.21 bits per heavy atom. The highest BCUT2D eigenvalue weighted by Gasteiger charge is 2.15. The summed E-state index contributed by atoms with van der Waals surface area (Å²) < 4.78 is 0. The molecule has 0 saturated carbocycles. The van der Waals surface area contributed by atoms with E-state index in [1.165, 1.54) is 37.9 Å². The van der Waals surface area contributed by atoms with E-state index < -0.39 is 6.04 Å². The number of nitrogens with one attached hydrogen (secondary N) is 1. The molecule has 1 atom stereocenters. The molecule has 4 nitrogen and oxygen atoms in total. The predicted octanol–water partition coefficient (Wildman–Crippen LogP) is 3.83. The largest absolute Gasteiger partial charge is 0.325 e. The average molecular weight is 376 g/mol. The van der Waals surface area contributed by atoms with Gasteiger partial charge in [0.1, 0.15) is 0 Å². The van der Waals surface area contributed by atoms with Crippen LogP contribution in [-0.4, -0.2) is 29.9 Å². The number of carbonyl (C=O) groups excluding carboxylic acids is 1. The monoisotopic (exact) mass is 375 g/mol. The molecule has 1 amide bonds. The molecule has 6 heteroatoms. The van der Waals surface area contributed by atoms with Gasteiger partial charge in [0.05, 0.1) is 6.04 Å². The third-order valence-corrected chi connectivity index (χ3v) is 4.11. The number of hydrogen-bond acceptors (Lipinski definition) is 3. The van der Waals surface area contributed by atoms with Crippen LogP contribution in [0, 0.1) is 5.92 Å². The van der Waals surface area contributed by atoms with E-state index >= 15 is 0 Å². The number of halogens is 2. The Hall–Kier alpha value is -0.810. The Morgan fingerprint density at radius 3 is 2.50 bits per heavy atom. The molecule has 1 aromatic rings. The van der Waals surface area contributed by atoms with E-state index in [9.17, 15) is 4.79 Å². The molecule has 1 heterocycles. The topological polar surface area (TPSA) is 58.4 Å². The molecule has 24 heavy (non-hydrogen) atoms. The van der Waals surface area contributed by atoms with Crippen molar-refractivity contribution >= 4 is 36.4 Å². The summed E-state index contributed by atoms with van der Waals surface area (Å²) in [5.74, 6) is 0.329. The molecule has 0 aromatic heterocycles. The third-order valence-electron chi connectivity index (χ3n) is 4.11. The van der Waals surface area contributed by atoms with Crippen LogP contribution in [0.4, 0.5) is 5.69 Å². The van der Waals surface area contributed by atoms with Crippen molar-refractivity contribution in [1.29, 1.82) is 0 Å². The molecule has 138 valence electrons. The molecule has 0 radical (unpaired) electrons. The Balaban J connectivity index is 0.00000264. The van der Waals surface area contributed by atoms with Gasteiger partial charge >= 0.3 is 0 Å². The van der Waals surface area contributed by atoms with Crippen molar-refractivity contribution in [3.63, 3.8) is 0 Å². The number of anilines is 1. The standard InChI is InChI=1S/C18H29N3O.2ClH/c1-14(2)11-17(19)18(22)20-16-8-6-7-15(12-16)13-21-9-4-3-5-10-21;;/h6-8,12,14,17H,3-5,9-11,13,19H2,1-2H3,(H,20,22);2*1H/t17-;;/m0../s1. The molecule has 2 rings (SSSR count). The van der Waals surface area contributed by atoms with Gasteiger partial charge in [-0.2, -0.15) is 0 Å². The van der Waals surface area contributed by atoms with Crippen molar-refractivity contribution in [2.45, 2.75) is 52.1 Å². The van der Waals surface area contributed by atoms with Crippen LogP contribution in [0.15, 0.2) is 24.3 Å². The lowest BCUT2D eigenvalue weighted by Gasteiger charge is -2.26. The maximum Gasteiger partial charge on any atom is 0.241 e. The summed E-state index contributed by atoms with van der Waals surface area (Å²) in [6.07, 6.45) is 4.64. The second-order valence-electron chi connectivity index (χ2n) is 6.76. The fourth-order valence-electron chi connectivity index (χ4n) is 2.97. The van der Waals surface area contributed by atoms with E-state index in [2.05, 4.69) is 36.2 Å². The van der Waals surface area contributed by atoms with Crippen LogP contribution < -0.4 is 11.1 Å². The lowest BCUT2D eigenvalue weighted by Crippen LogP contribution is -2.36. The molecular formula is C18H31Cl2N3O. The number of nitrogens with two attached hydrogens (primary N) is 1. The second-order valence-corrected chi connectivity index (χ2v) is 6.76. The normalized spacial score (nSPS) is 16.0. The van der Waals surface area contributed by atoms with Crippen molar-refractivity contribution in [3.8, 4) is 0 Å². The molecular weight excluding hydrogens is 345 g/mol. The molecule has 1 saturated heterocycles. The number of piperidine rings is 1. The lowest BCUT2D eigenvalue weighted by atomic mass is 10.0. The van der Waals surface area contributed by atoms with Gasteiger partial charge in [-0.25, -0.2) is 0 Å². The first kappa shape index (κ1) is 23.2. The summed E-state index contributed by atoms with van der Waals surface area (Å²) in [5.41, 5.74) is 8.03. The summed E-state index contributed by atoms with van der Waals surface area (Å²) in [4.78, 5) is 14.6. The van der Waals surface area contributed by atoms with Gasteiger partial charge in [-0.05, 0) is 56.0 Å². The average Bonchev–Trinajstić information content (AvgIpc) is 2.48. The summed E-state index contributed by atoms with van der Waals surface area (Å²) in [6, 6.07) is 7.68. The number of nitrogens with zero attached hydrogens (tertiary/aromatic N) is 1. The van der Waals surface area contributed by atoms with E-state index in [1.54, 1.807) is 0 Å². The lowest BCUT2D eigenvalue weighted by molar-refractivity contribution is -0.117. The van der Waals surface area contributed by atoms with Crippen LogP contribution >= 0.6 is 24.8 Å². The summed E-state index contributed by atoms with van der Waals surface area (Å²) in [6.45, 7) is 7.46. The van der Waals surface area contributed by atoms with Crippen molar-refractivity contribution in [2.75, 3.05) is 18.4 Å². The molecule has 1 fully saturated rings. The van der Waals surface area contributed by atoms with Crippen LogP contribution in [0.25, 0.3) is 0 Å². The summed E-state index contributed by atoms with van der Waals surface area (Å²) in [5, 5.41) is 2.94. The number of amides is 1. The maximum atomic E-state index is 12.1. The van der Waals surface area contributed by atoms with Crippen LogP contribution in [0.5, 0.6) is 0 Å². The van der Waals surface area contributed by atoms with E-state index in [1.807, 2.05) is 12.1 Å². The van der Waals surface area contributed by atoms with Crippen molar-refractivity contribution in [3.05, 3.63) is 29.8 Å². The minimum Gasteiger partial charge on any atom is -0.325 e. The Morgan fingerprint density at radius 2 is 1.88 bits per heavy atom. The minimum absolute atomic E-state index is 0. The van der Waals surface area contributed by atoms with E-state index in [0.717, 1.165) is 12.2 Å². The van der Waals surface area contributed by atoms with Gasteiger partial charge in [0.15, 0.2) is 0 Å². The van der Waals surface area contributed by atoms with E-state index in [4.69, 9.17) is 5.73 Å². The Kier molecular flexibility index (Phi) is 11.3. The first-order chi connectivity index (χ1) is 10.5. The highest BCUT2D eigenvalue weighted by atomic mass is 35.5. The molecule has 0 aliphatic carbocycles. The van der Waals surface area contributed by atoms with Crippen molar-refractivity contribution in [2.24, 2.45) is 11.7 Å². The highest BCUT2D eigenvalue weighted by Crippen LogP contribution is 2.16. The number of hydrogen-bond donors (Lipinski definition) is 2. The predicted molar refractivity (Wildman–Crippen MR) is 106 cm³/mol. The number of benzene rings is 1. The van der Waals surface area contributed by atoms with Gasteiger partial charge in [-0.15, -0.1) is 24.8 Å². The molecule has 0 bridgehead atoms. The maximum absolute atomic E-state index is 12.1. The van der Waals surface area contributed by atoms with Gasteiger partial charge in [-0.3, -0.25) is 9.69 Å². The van der Waals surface area contributed by atoms with Crippen molar-refractivity contribution < 1.29 is 4.79 Å². The van der Waals surface area contributed by atoms with Crippen LogP contribution in [0.2, 0.25) is 0 Å². The molecule has 3 N–H and O–H groups in total. The highest BCUT2D eigenvalue weighted by molar-refractivity contribution is 5.94. The SMILES string of the molecule is CC(C)C[C@H](N)C(=O)Nc1cccc(CN2CCCCC2)c1.Cl.Cl. The fraction of sp³-hybridized carbons (Fsp3) is 0.611. The van der Waals surface area contributed by atoms with Crippen molar-refractivity contribution in [1.82, 2.24) is 4.90 Å². The smallest absolute Gasteiger partial charge is 0.241 e. The number of rotatable bonds is 6. The van der Waals surface area contributed by atoms with Gasteiger partial charge in [-0.1, -0.05) is 32.4 Å². The minimum atomic E-state index is -0.439. The molecule has 1 aliphatic rings. The Bertz CT molecular complexity index is 491. The molecule has 1 aliphatic heterocycles. The van der Waals surface area contributed by atoms with Crippen LogP contribution in [0.3, 0.4) is 0 Å². The first-order valence-corrected chi connectivity index (χ1v) is 8.42. The second kappa shape index (κ2) is 11.7. The zero-order valence-electron chi connectivity index (χ0n) is 14.7. The number of likely N-dealkylation sites (tertiary alicyclic amines) is 1. The summed E-state index contributed by atoms with van der Waals surface area (Å²) >= 11 is 0. The number of carbonyl (C=O) groups is 1. The Labute approximate surface area is 158 Å². The van der Waals surface area contributed by atoms with Gasteiger partial charge < -0.3 is 11.1 Å². The zero-order chi connectivity index (χ0) is 15.9. The first-order valence-electron chi connectivity index (χ1n) is 8.42. The van der Waals surface area contributed by atoms with Gasteiger partial charge in [0.25, 0.3) is 0 Å². The van der Waals surface area contributed by atoms with Gasteiger partial charge in [0.2, 0.25) is 5.91 Å². The molecule has 1 aromatic carbocycles. The quantitative estimate of drug-likeness (QED) is 0.793. The molecule has 0 unspecified atom stereocenters. The van der Waals surface area contributed by atoms with Crippen LogP contribution in [0.1, 0.15) is 45.1 Å². The molecule has 0 spiro atoms. The van der Waals surface area contributed by atoms with Crippen LogP contribution in [-0.2, 0) is 11.3 Å².